The second kappa shape index (κ2) is 8.92. The van der Waals surface area contributed by atoms with E-state index in [0.717, 1.165) is 16.1 Å². The Morgan fingerprint density at radius 3 is 2.81 bits per heavy atom. The number of nitrogens with one attached hydrogen (secondary N) is 1. The van der Waals surface area contributed by atoms with Gasteiger partial charge in [-0.2, -0.15) is 5.26 Å². The SMILES string of the molecule is N#CC(=Cc1cccn1Cc1ccc(Cl)cc1Cl)C(=O)NCc1cccs1. The van der Waals surface area contributed by atoms with E-state index in [-0.39, 0.29) is 5.57 Å². The second-order valence-corrected chi connectivity index (χ2v) is 7.60. The van der Waals surface area contributed by atoms with E-state index in [9.17, 15) is 10.1 Å². The van der Waals surface area contributed by atoms with Crippen molar-refractivity contribution in [1.82, 2.24) is 9.88 Å². The van der Waals surface area contributed by atoms with Crippen LogP contribution >= 0.6 is 34.5 Å². The molecule has 0 saturated heterocycles. The monoisotopic (exact) mass is 415 g/mol. The first kappa shape index (κ1) is 19.2. The van der Waals surface area contributed by atoms with Gasteiger partial charge in [0.15, 0.2) is 0 Å². The third-order valence-electron chi connectivity index (χ3n) is 3.88. The Hall–Kier alpha value is -2.52. The molecule has 0 aliphatic heterocycles. The highest BCUT2D eigenvalue weighted by atomic mass is 35.5. The van der Waals surface area contributed by atoms with Crippen LogP contribution in [0.3, 0.4) is 0 Å². The van der Waals surface area contributed by atoms with Crippen molar-refractivity contribution in [2.45, 2.75) is 13.1 Å². The van der Waals surface area contributed by atoms with Crippen molar-refractivity contribution in [3.05, 3.63) is 85.8 Å². The summed E-state index contributed by atoms with van der Waals surface area (Å²) in [5.41, 5.74) is 1.69. The maximum atomic E-state index is 12.3. The Balaban J connectivity index is 1.76. The fourth-order valence-electron chi connectivity index (χ4n) is 2.51. The number of nitriles is 1. The first-order chi connectivity index (χ1) is 13.1. The summed E-state index contributed by atoms with van der Waals surface area (Å²) in [5, 5.41) is 15.2. The van der Waals surface area contributed by atoms with E-state index in [1.165, 1.54) is 0 Å². The molecule has 3 rings (SSSR count). The van der Waals surface area contributed by atoms with Crippen LogP contribution in [0.5, 0.6) is 0 Å². The predicted octanol–water partition coefficient (Wildman–Crippen LogP) is 5.13. The fourth-order valence-corrected chi connectivity index (χ4v) is 3.62. The molecule has 0 aliphatic rings. The lowest BCUT2D eigenvalue weighted by Gasteiger charge is -2.09. The highest BCUT2D eigenvalue weighted by Gasteiger charge is 2.11. The number of rotatable bonds is 6. The summed E-state index contributed by atoms with van der Waals surface area (Å²) in [7, 11) is 0. The molecule has 1 aromatic carbocycles. The zero-order valence-corrected chi connectivity index (χ0v) is 16.5. The van der Waals surface area contributed by atoms with Crippen LogP contribution in [0.25, 0.3) is 6.08 Å². The molecule has 2 aromatic heterocycles. The summed E-state index contributed by atoms with van der Waals surface area (Å²) in [6.45, 7) is 0.904. The minimum atomic E-state index is -0.400. The number of aromatic nitrogens is 1. The van der Waals surface area contributed by atoms with Gasteiger partial charge in [0, 0.05) is 33.4 Å². The molecule has 1 N–H and O–H groups in total. The molecular formula is C20H15Cl2N3OS. The van der Waals surface area contributed by atoms with Crippen molar-refractivity contribution in [1.29, 1.82) is 5.26 Å². The summed E-state index contributed by atoms with van der Waals surface area (Å²) < 4.78 is 1.92. The number of benzene rings is 1. The third-order valence-corrected chi connectivity index (χ3v) is 5.34. The summed E-state index contributed by atoms with van der Waals surface area (Å²) in [4.78, 5) is 13.3. The van der Waals surface area contributed by atoms with Gasteiger partial charge >= 0.3 is 0 Å². The fraction of sp³-hybridized carbons (Fsp3) is 0.100. The number of hydrogen-bond donors (Lipinski definition) is 1. The molecule has 2 heterocycles. The van der Waals surface area contributed by atoms with Crippen molar-refractivity contribution in [3.63, 3.8) is 0 Å². The molecule has 136 valence electrons. The van der Waals surface area contributed by atoms with Crippen LogP contribution in [0.15, 0.2) is 59.6 Å². The second-order valence-electron chi connectivity index (χ2n) is 5.73. The van der Waals surface area contributed by atoms with Crippen LogP contribution in [0, 0.1) is 11.3 Å². The average molecular weight is 416 g/mol. The lowest BCUT2D eigenvalue weighted by molar-refractivity contribution is -0.117. The minimum Gasteiger partial charge on any atom is -0.347 e. The normalized spacial score (nSPS) is 11.2. The number of nitrogens with zero attached hydrogens (tertiary/aromatic N) is 2. The van der Waals surface area contributed by atoms with Gasteiger partial charge in [-0.15, -0.1) is 11.3 Å². The van der Waals surface area contributed by atoms with E-state index >= 15 is 0 Å². The van der Waals surface area contributed by atoms with Gasteiger partial charge in [-0.05, 0) is 47.4 Å². The summed E-state index contributed by atoms with van der Waals surface area (Å²) in [5.74, 6) is -0.400. The summed E-state index contributed by atoms with van der Waals surface area (Å²) in [6, 6.07) is 14.9. The van der Waals surface area contributed by atoms with Gasteiger partial charge in [0.05, 0.1) is 6.54 Å². The number of amides is 1. The Kier molecular flexibility index (Phi) is 6.36. The van der Waals surface area contributed by atoms with Crippen molar-refractivity contribution in [2.75, 3.05) is 0 Å². The van der Waals surface area contributed by atoms with Crippen LogP contribution in [0.4, 0.5) is 0 Å². The lowest BCUT2D eigenvalue weighted by atomic mass is 10.2. The molecule has 0 saturated carbocycles. The molecule has 0 aliphatic carbocycles. The molecule has 0 bridgehead atoms. The van der Waals surface area contributed by atoms with Gasteiger partial charge in [0.25, 0.3) is 5.91 Å². The first-order valence-corrected chi connectivity index (χ1v) is 9.72. The number of carbonyl (C=O) groups is 1. The summed E-state index contributed by atoms with van der Waals surface area (Å²) >= 11 is 13.7. The number of thiophene rings is 1. The van der Waals surface area contributed by atoms with Gasteiger partial charge < -0.3 is 9.88 Å². The molecule has 27 heavy (non-hydrogen) atoms. The van der Waals surface area contributed by atoms with E-state index in [1.807, 2.05) is 52.5 Å². The van der Waals surface area contributed by atoms with Gasteiger partial charge in [-0.1, -0.05) is 35.3 Å². The van der Waals surface area contributed by atoms with Crippen LogP contribution in [0.1, 0.15) is 16.1 Å². The molecule has 4 nitrogen and oxygen atoms in total. The molecule has 0 unspecified atom stereocenters. The van der Waals surface area contributed by atoms with Crippen LogP contribution in [0.2, 0.25) is 10.0 Å². The maximum Gasteiger partial charge on any atom is 0.262 e. The van der Waals surface area contributed by atoms with Crippen molar-refractivity contribution >= 4 is 46.5 Å². The lowest BCUT2D eigenvalue weighted by Crippen LogP contribution is -2.23. The Labute approximate surface area is 171 Å². The molecule has 3 aromatic rings. The molecule has 0 radical (unpaired) electrons. The van der Waals surface area contributed by atoms with Crippen molar-refractivity contribution < 1.29 is 4.79 Å². The van der Waals surface area contributed by atoms with E-state index in [1.54, 1.807) is 29.5 Å². The van der Waals surface area contributed by atoms with Crippen molar-refractivity contribution in [3.8, 4) is 6.07 Å². The molecule has 7 heteroatoms. The predicted molar refractivity (Wildman–Crippen MR) is 110 cm³/mol. The van der Waals surface area contributed by atoms with Crippen LogP contribution < -0.4 is 5.32 Å². The number of carbonyl (C=O) groups excluding carboxylic acids is 1. The highest BCUT2D eigenvalue weighted by molar-refractivity contribution is 7.09. The van der Waals surface area contributed by atoms with E-state index in [0.29, 0.717) is 23.1 Å². The van der Waals surface area contributed by atoms with Gasteiger partial charge in [0.1, 0.15) is 11.6 Å². The minimum absolute atomic E-state index is 0.0497. The van der Waals surface area contributed by atoms with E-state index in [4.69, 9.17) is 23.2 Å². The smallest absolute Gasteiger partial charge is 0.262 e. The Morgan fingerprint density at radius 2 is 2.11 bits per heavy atom. The van der Waals surface area contributed by atoms with Gasteiger partial charge in [0.2, 0.25) is 0 Å². The number of hydrogen-bond acceptors (Lipinski definition) is 3. The van der Waals surface area contributed by atoms with Gasteiger partial charge in [-0.3, -0.25) is 4.79 Å². The molecular weight excluding hydrogens is 401 g/mol. The number of halogens is 2. The van der Waals surface area contributed by atoms with Crippen LogP contribution in [-0.2, 0) is 17.9 Å². The molecule has 0 spiro atoms. The zero-order chi connectivity index (χ0) is 19.2. The molecule has 1 amide bonds. The molecule has 0 fully saturated rings. The van der Waals surface area contributed by atoms with E-state index < -0.39 is 5.91 Å². The summed E-state index contributed by atoms with van der Waals surface area (Å²) in [6.07, 6.45) is 3.45. The van der Waals surface area contributed by atoms with E-state index in [2.05, 4.69) is 5.32 Å². The Bertz CT molecular complexity index is 1020. The maximum absolute atomic E-state index is 12.3. The topological polar surface area (TPSA) is 57.8 Å². The first-order valence-electron chi connectivity index (χ1n) is 8.08. The highest BCUT2D eigenvalue weighted by Crippen LogP contribution is 2.23. The quantitative estimate of drug-likeness (QED) is 0.448. The molecule has 0 atom stereocenters. The largest absolute Gasteiger partial charge is 0.347 e. The van der Waals surface area contributed by atoms with Crippen molar-refractivity contribution in [2.24, 2.45) is 0 Å². The van der Waals surface area contributed by atoms with Crippen LogP contribution in [-0.4, -0.2) is 10.5 Å². The zero-order valence-electron chi connectivity index (χ0n) is 14.2. The van der Waals surface area contributed by atoms with Gasteiger partial charge in [-0.25, -0.2) is 0 Å². The average Bonchev–Trinajstić information content (AvgIpc) is 3.32. The standard InChI is InChI=1S/C20H15Cl2N3OS/c21-16-6-5-14(19(22)10-16)13-25-7-1-3-17(25)9-15(11-23)20(26)24-12-18-4-2-8-27-18/h1-10H,12-13H2,(H,24,26). The Morgan fingerprint density at radius 1 is 1.26 bits per heavy atom. The third kappa shape index (κ3) is 5.01.